The molecule has 1 heterocycles. The Morgan fingerprint density at radius 2 is 2.62 bits per heavy atom. The van der Waals surface area contributed by atoms with Crippen molar-refractivity contribution in [2.24, 2.45) is 4.99 Å². The molecular formula is C5H10N2S. The van der Waals surface area contributed by atoms with Crippen LogP contribution in [0.3, 0.4) is 0 Å². The van der Waals surface area contributed by atoms with E-state index in [2.05, 4.69) is 16.6 Å². The Kier molecular flexibility index (Phi) is 2.36. The fourth-order valence-electron chi connectivity index (χ4n) is 0.648. The molecule has 0 unspecified atom stereocenters. The van der Waals surface area contributed by atoms with Gasteiger partial charge in [-0.05, 0) is 6.26 Å². The zero-order valence-electron chi connectivity index (χ0n) is 4.98. The van der Waals surface area contributed by atoms with Crippen LogP contribution in [0.5, 0.6) is 0 Å². The van der Waals surface area contributed by atoms with Crippen LogP contribution in [-0.4, -0.2) is 30.9 Å². The fraction of sp³-hybridized carbons (Fsp3) is 0.800. The van der Waals surface area contributed by atoms with Gasteiger partial charge in [-0.1, -0.05) is 0 Å². The maximum absolute atomic E-state index is 4.27. The topological polar surface area (TPSA) is 24.4 Å². The van der Waals surface area contributed by atoms with E-state index < -0.39 is 0 Å². The summed E-state index contributed by atoms with van der Waals surface area (Å²) in [6, 6.07) is 0. The molecule has 0 fully saturated rings. The molecule has 1 N–H and O–H groups in total. The third-order valence-electron chi connectivity index (χ3n) is 1.09. The monoisotopic (exact) mass is 130 g/mol. The Morgan fingerprint density at radius 1 is 1.75 bits per heavy atom. The fourth-order valence-corrected chi connectivity index (χ4v) is 1.11. The normalized spacial score (nSPS) is 20.4. The van der Waals surface area contributed by atoms with Crippen LogP contribution in [0, 0.1) is 0 Å². The van der Waals surface area contributed by atoms with Crippen molar-refractivity contribution < 1.29 is 0 Å². The van der Waals surface area contributed by atoms with Crippen molar-refractivity contribution in [1.82, 2.24) is 5.32 Å². The largest absolute Gasteiger partial charge is 0.309 e. The molecule has 0 saturated carbocycles. The molecule has 0 aliphatic carbocycles. The van der Waals surface area contributed by atoms with Crippen LogP contribution in [0.4, 0.5) is 0 Å². The molecule has 0 bridgehead atoms. The maximum Gasteiger partial charge on any atom is 0.0812 e. The summed E-state index contributed by atoms with van der Waals surface area (Å²) in [5.74, 6) is 0. The zero-order valence-corrected chi connectivity index (χ0v) is 5.79. The first kappa shape index (κ1) is 6.11. The standard InChI is InChI=1S/C5H10N2S/c1-8-5-4-6-2-3-7-5/h6H,2-4H2,1H3. The smallest absolute Gasteiger partial charge is 0.0812 e. The Balaban J connectivity index is 2.37. The number of thioether (sulfide) groups is 1. The lowest BCUT2D eigenvalue weighted by Crippen LogP contribution is -2.28. The van der Waals surface area contributed by atoms with E-state index in [0.717, 1.165) is 19.6 Å². The molecule has 0 amide bonds. The van der Waals surface area contributed by atoms with E-state index in [1.807, 2.05) is 0 Å². The summed E-state index contributed by atoms with van der Waals surface area (Å²) in [7, 11) is 0. The van der Waals surface area contributed by atoms with Gasteiger partial charge in [-0.15, -0.1) is 11.8 Å². The lowest BCUT2D eigenvalue weighted by atomic mass is 10.5. The van der Waals surface area contributed by atoms with Gasteiger partial charge in [0.1, 0.15) is 0 Å². The van der Waals surface area contributed by atoms with Crippen LogP contribution < -0.4 is 5.32 Å². The highest BCUT2D eigenvalue weighted by Crippen LogP contribution is 1.98. The van der Waals surface area contributed by atoms with Gasteiger partial charge in [-0.25, -0.2) is 0 Å². The van der Waals surface area contributed by atoms with Crippen LogP contribution in [-0.2, 0) is 0 Å². The first-order chi connectivity index (χ1) is 3.93. The van der Waals surface area contributed by atoms with Gasteiger partial charge in [0, 0.05) is 13.1 Å². The van der Waals surface area contributed by atoms with Gasteiger partial charge in [-0.3, -0.25) is 4.99 Å². The average molecular weight is 130 g/mol. The Hall–Kier alpha value is -0.0200. The zero-order chi connectivity index (χ0) is 5.82. The molecule has 0 aromatic carbocycles. The predicted molar refractivity (Wildman–Crippen MR) is 38.7 cm³/mol. The van der Waals surface area contributed by atoms with Gasteiger partial charge < -0.3 is 5.32 Å². The van der Waals surface area contributed by atoms with Gasteiger partial charge in [0.05, 0.1) is 11.6 Å². The molecule has 0 atom stereocenters. The second kappa shape index (κ2) is 3.10. The molecule has 0 radical (unpaired) electrons. The van der Waals surface area contributed by atoms with Crippen molar-refractivity contribution in [3.63, 3.8) is 0 Å². The quantitative estimate of drug-likeness (QED) is 0.511. The third kappa shape index (κ3) is 1.49. The third-order valence-corrected chi connectivity index (χ3v) is 1.83. The van der Waals surface area contributed by atoms with Crippen molar-refractivity contribution in [1.29, 1.82) is 0 Å². The molecule has 1 aliphatic rings. The van der Waals surface area contributed by atoms with E-state index >= 15 is 0 Å². The molecule has 1 aliphatic heterocycles. The number of hydrogen-bond acceptors (Lipinski definition) is 3. The van der Waals surface area contributed by atoms with Crippen LogP contribution in [0.1, 0.15) is 0 Å². The molecule has 2 nitrogen and oxygen atoms in total. The van der Waals surface area contributed by atoms with E-state index in [0.29, 0.717) is 0 Å². The summed E-state index contributed by atoms with van der Waals surface area (Å²) in [5.41, 5.74) is 0. The van der Waals surface area contributed by atoms with Crippen molar-refractivity contribution >= 4 is 16.8 Å². The van der Waals surface area contributed by atoms with Gasteiger partial charge in [0.25, 0.3) is 0 Å². The lowest BCUT2D eigenvalue weighted by molar-refractivity contribution is 0.743. The van der Waals surface area contributed by atoms with Gasteiger partial charge in [0.2, 0.25) is 0 Å². The second-order valence-corrected chi connectivity index (χ2v) is 2.54. The van der Waals surface area contributed by atoms with E-state index in [1.165, 1.54) is 5.04 Å². The highest BCUT2D eigenvalue weighted by molar-refractivity contribution is 8.13. The molecule has 0 aromatic rings. The van der Waals surface area contributed by atoms with E-state index in [-0.39, 0.29) is 0 Å². The van der Waals surface area contributed by atoms with Crippen LogP contribution >= 0.6 is 11.8 Å². The summed E-state index contributed by atoms with van der Waals surface area (Å²) in [6.07, 6.45) is 2.06. The van der Waals surface area contributed by atoms with Gasteiger partial charge >= 0.3 is 0 Å². The van der Waals surface area contributed by atoms with Crippen LogP contribution in [0.2, 0.25) is 0 Å². The van der Waals surface area contributed by atoms with Crippen molar-refractivity contribution in [2.45, 2.75) is 0 Å². The van der Waals surface area contributed by atoms with Crippen molar-refractivity contribution in [3.8, 4) is 0 Å². The summed E-state index contributed by atoms with van der Waals surface area (Å²) >= 11 is 1.73. The molecule has 1 rings (SSSR count). The van der Waals surface area contributed by atoms with Crippen LogP contribution in [0.25, 0.3) is 0 Å². The number of rotatable bonds is 0. The van der Waals surface area contributed by atoms with Crippen LogP contribution in [0.15, 0.2) is 4.99 Å². The number of aliphatic imine (C=N–C) groups is 1. The molecular weight excluding hydrogens is 120 g/mol. The number of nitrogens with zero attached hydrogens (tertiary/aromatic N) is 1. The predicted octanol–water partition coefficient (Wildman–Crippen LogP) is 0.351. The summed E-state index contributed by atoms with van der Waals surface area (Å²) in [4.78, 5) is 4.27. The van der Waals surface area contributed by atoms with Gasteiger partial charge in [0.15, 0.2) is 0 Å². The number of nitrogens with one attached hydrogen (secondary N) is 1. The molecule has 8 heavy (non-hydrogen) atoms. The van der Waals surface area contributed by atoms with E-state index in [1.54, 1.807) is 11.8 Å². The minimum atomic E-state index is 0.955. The maximum atomic E-state index is 4.27. The number of hydrogen-bond donors (Lipinski definition) is 1. The minimum Gasteiger partial charge on any atom is -0.309 e. The molecule has 0 saturated heterocycles. The molecule has 3 heteroatoms. The minimum absolute atomic E-state index is 0.955. The second-order valence-electron chi connectivity index (χ2n) is 1.66. The highest BCUT2D eigenvalue weighted by atomic mass is 32.2. The average Bonchev–Trinajstić information content (AvgIpc) is 1.90. The summed E-state index contributed by atoms with van der Waals surface area (Å²) < 4.78 is 0. The van der Waals surface area contributed by atoms with Crippen molar-refractivity contribution in [3.05, 3.63) is 0 Å². The summed E-state index contributed by atoms with van der Waals surface area (Å²) in [6.45, 7) is 2.97. The Morgan fingerprint density at radius 3 is 3.00 bits per heavy atom. The van der Waals surface area contributed by atoms with Gasteiger partial charge in [-0.2, -0.15) is 0 Å². The molecule has 0 spiro atoms. The lowest BCUT2D eigenvalue weighted by Gasteiger charge is -2.09. The first-order valence-electron chi connectivity index (χ1n) is 2.71. The molecule has 0 aromatic heterocycles. The first-order valence-corrected chi connectivity index (χ1v) is 3.94. The van der Waals surface area contributed by atoms with E-state index in [9.17, 15) is 0 Å². The Labute approximate surface area is 53.8 Å². The van der Waals surface area contributed by atoms with Crippen molar-refractivity contribution in [2.75, 3.05) is 25.9 Å². The Bertz CT molecular complexity index is 101. The summed E-state index contributed by atoms with van der Waals surface area (Å²) in [5, 5.41) is 4.47. The highest BCUT2D eigenvalue weighted by Gasteiger charge is 1.99. The molecule has 46 valence electrons. The van der Waals surface area contributed by atoms with E-state index in [4.69, 9.17) is 0 Å². The SMILES string of the molecule is CSC1=NCCNC1.